The average molecular weight is 1900 g/mol. The van der Waals surface area contributed by atoms with Gasteiger partial charge in [0.15, 0.2) is 34.5 Å². The van der Waals surface area contributed by atoms with E-state index in [1.807, 2.05) is 0 Å². The molecule has 41 heteroatoms. The van der Waals surface area contributed by atoms with Crippen LogP contribution in [0.5, 0.6) is 28.9 Å². The van der Waals surface area contributed by atoms with Crippen LogP contribution in [0, 0.1) is 29.1 Å². The van der Waals surface area contributed by atoms with Crippen LogP contribution in [0.1, 0.15) is 215 Å². The number of carboxylic acids is 3. The monoisotopic (exact) mass is 1900 g/mol. The van der Waals surface area contributed by atoms with Gasteiger partial charge in [-0.1, -0.05) is 12.8 Å². The van der Waals surface area contributed by atoms with Crippen molar-refractivity contribution < 1.29 is 106 Å². The maximum Gasteiger partial charge on any atom is 0.410 e. The summed E-state index contributed by atoms with van der Waals surface area (Å²) in [6.07, 6.45) is 28.6. The summed E-state index contributed by atoms with van der Waals surface area (Å²) >= 11 is 0. The minimum atomic E-state index is -0.822. The number of aromatic nitrogens is 12. The van der Waals surface area contributed by atoms with E-state index in [0.717, 1.165) is 147 Å². The zero-order valence-electron chi connectivity index (χ0n) is 79.0. The predicted octanol–water partition coefficient (Wildman–Crippen LogP) is 12.8. The number of aliphatic hydroxyl groups excluding tert-OH is 1. The Hall–Kier alpha value is -13.6. The van der Waals surface area contributed by atoms with Crippen molar-refractivity contribution in [1.29, 1.82) is 5.26 Å². The fourth-order valence-electron chi connectivity index (χ4n) is 18.2. The zero-order valence-corrected chi connectivity index (χ0v) is 79.0. The van der Waals surface area contributed by atoms with Crippen LogP contribution in [-0.4, -0.2) is 244 Å². The number of aliphatic hydroxyl groups is 1. The molecule has 0 bridgehead atoms. The molecule has 137 heavy (non-hydrogen) atoms. The molecule has 8 aliphatic carbocycles. The molecule has 738 valence electrons. The molecule has 8 aliphatic rings. The van der Waals surface area contributed by atoms with Gasteiger partial charge in [-0.15, -0.1) is 0 Å². The highest BCUT2D eigenvalue weighted by Gasteiger charge is 2.37. The lowest BCUT2D eigenvalue weighted by Crippen LogP contribution is -2.41. The molecule has 0 radical (unpaired) electrons. The summed E-state index contributed by atoms with van der Waals surface area (Å²) in [5.74, 6) is -1.82. The minimum absolute atomic E-state index is 0.0284. The van der Waals surface area contributed by atoms with Gasteiger partial charge in [-0.2, -0.15) is 25.7 Å². The maximum absolute atomic E-state index is 12.7. The van der Waals surface area contributed by atoms with Gasteiger partial charge in [0.25, 0.3) is 17.9 Å². The van der Waals surface area contributed by atoms with Gasteiger partial charge in [0, 0.05) is 109 Å². The van der Waals surface area contributed by atoms with E-state index in [2.05, 4.69) is 46.4 Å². The number of nitrogens with two attached hydrogens (primary N) is 1. The fourth-order valence-corrected chi connectivity index (χ4v) is 18.2. The standard InChI is InChI=1S/C25H34N4O7.C24H29N5O5.C24H32N4O6.C23H31N5O5/c1-28(17-5-3-6-17)25(32)34-15-22-20(14-26-29(22)2)21-9-10-23(24(27-21)33-12-11-30)36-19-8-4-7-18(13-19)35-16-31;1-28(16-6-4-7-16)24(32)33-14-21-18(13-26-29(21)2)19-9-10-22(20(12-25)27-19)34-17-8-3-5-15(11-17)23(30)31;1-27(16-7-3-4-8-16)24(32)33-14-20-18(13-25-28(20)2)19-10-11-21(22(29)26-19)34-17-9-5-6-15(12-17)23(30)31;1-27(15-6-4-7-15)23(31)32-13-19-17(12-25-28(19)2)18-9-10-20(21(24)26-18)33-16-8-3-5-14(11-16)22(29)30/h9-10,14,16-19,30H,3-8,11-13,15H2,1-2H3;9-10,13,15-17H,3-8,11,14H2,1-2H3,(H,30,31);10-11,13,15-17H,3-9,12,14H2,1-2H3,(H,26,29)(H,30,31);9-10,12,14-16H,3-8,11,13H2,1-2H3,(H2,24,26)(H,29,30)/t18-,19-;2*15-,17-;14-,16-/m0000/s1. The highest BCUT2D eigenvalue weighted by molar-refractivity contribution is 5.74. The predicted molar refractivity (Wildman–Crippen MR) is 493 cm³/mol. The first-order chi connectivity index (χ1) is 66.0. The van der Waals surface area contributed by atoms with E-state index < -0.39 is 35.3 Å². The van der Waals surface area contributed by atoms with E-state index in [1.165, 1.54) is 0 Å². The molecule has 0 unspecified atom stereocenters. The van der Waals surface area contributed by atoms with E-state index in [0.29, 0.717) is 131 Å². The molecule has 8 heterocycles. The third-order valence-electron chi connectivity index (χ3n) is 27.4. The molecule has 7 N–H and O–H groups in total. The summed E-state index contributed by atoms with van der Waals surface area (Å²) in [4.78, 5) is 130. The van der Waals surface area contributed by atoms with E-state index >= 15 is 0 Å². The van der Waals surface area contributed by atoms with Crippen molar-refractivity contribution in [1.82, 2.24) is 78.7 Å². The topological polar surface area (TPSA) is 515 Å². The van der Waals surface area contributed by atoms with Crippen molar-refractivity contribution in [2.24, 2.45) is 45.9 Å². The number of ether oxygens (including phenoxy) is 10. The Labute approximate surface area is 793 Å². The Morgan fingerprint density at radius 1 is 0.438 bits per heavy atom. The van der Waals surface area contributed by atoms with Gasteiger partial charge in [0.05, 0.1) is 113 Å². The van der Waals surface area contributed by atoms with Gasteiger partial charge in [-0.3, -0.25) is 42.7 Å². The number of hydrogen-bond acceptors (Lipinski definition) is 29. The second-order valence-corrected chi connectivity index (χ2v) is 36.3. The summed E-state index contributed by atoms with van der Waals surface area (Å²) in [7, 11) is 14.1. The lowest BCUT2D eigenvalue weighted by atomic mass is 9.87. The molecule has 8 fully saturated rings. The molecular weight excluding hydrogens is 1770 g/mol. The fraction of sp³-hybridized carbons (Fsp3) is 0.573. The van der Waals surface area contributed by atoms with Crippen molar-refractivity contribution in [3.63, 3.8) is 0 Å². The van der Waals surface area contributed by atoms with Crippen molar-refractivity contribution in [2.75, 3.05) is 47.1 Å². The van der Waals surface area contributed by atoms with Crippen LogP contribution in [0.3, 0.4) is 0 Å². The second kappa shape index (κ2) is 47.8. The largest absolute Gasteiger partial charge is 0.487 e. The average Bonchev–Trinajstić information content (AvgIpc) is 1.70. The zero-order chi connectivity index (χ0) is 97.5. The minimum Gasteiger partial charge on any atom is -0.487 e. The Balaban J connectivity index is 0.000000154. The number of anilines is 1. The molecule has 8 aromatic heterocycles. The number of nitrogens with one attached hydrogen (secondary N) is 1. The van der Waals surface area contributed by atoms with Crippen molar-refractivity contribution in [3.05, 3.63) is 112 Å². The Morgan fingerprint density at radius 3 is 1.16 bits per heavy atom. The first kappa shape index (κ1) is 101. The highest BCUT2D eigenvalue weighted by Crippen LogP contribution is 2.40. The number of amides is 4. The quantitative estimate of drug-likeness (QED) is 0.0168. The smallest absolute Gasteiger partial charge is 0.410 e. The maximum atomic E-state index is 12.7. The highest BCUT2D eigenvalue weighted by atomic mass is 16.6. The number of nitrogen functional groups attached to an aromatic ring is 1. The van der Waals surface area contributed by atoms with Gasteiger partial charge in [-0.05, 0) is 215 Å². The molecule has 8 saturated carbocycles. The summed E-state index contributed by atoms with van der Waals surface area (Å²) in [6, 6.07) is 16.9. The number of nitrogens with zero attached hydrogens (tertiary/aromatic N) is 16. The number of aromatic amines is 1. The van der Waals surface area contributed by atoms with Gasteiger partial charge in [-0.25, -0.2) is 34.1 Å². The number of hydrogen-bond donors (Lipinski definition) is 6. The molecule has 16 rings (SSSR count). The number of carbonyl (C=O) groups excluding carboxylic acids is 5. The summed E-state index contributed by atoms with van der Waals surface area (Å²) in [5.41, 5.74) is 13.6. The summed E-state index contributed by atoms with van der Waals surface area (Å²) in [5, 5.41) is 64.0. The normalized spacial score (nSPS) is 20.3. The lowest BCUT2D eigenvalue weighted by molar-refractivity contribution is -0.144. The summed E-state index contributed by atoms with van der Waals surface area (Å²) < 4.78 is 63.5. The molecule has 8 aromatic rings. The number of carbonyl (C=O) groups is 8. The van der Waals surface area contributed by atoms with E-state index in [-0.39, 0.29) is 148 Å². The molecule has 0 aliphatic heterocycles. The molecule has 0 saturated heterocycles. The van der Waals surface area contributed by atoms with Gasteiger partial charge < -0.3 is 98.1 Å². The molecule has 41 nitrogen and oxygen atoms in total. The summed E-state index contributed by atoms with van der Waals surface area (Å²) in [6.45, 7) is 0.539. The molecule has 8 atom stereocenters. The first-order valence-electron chi connectivity index (χ1n) is 47.3. The van der Waals surface area contributed by atoms with Crippen LogP contribution < -0.4 is 35.0 Å². The number of pyridine rings is 4. The third-order valence-corrected chi connectivity index (χ3v) is 27.4. The Bertz CT molecular complexity index is 5590. The molecule has 4 amide bonds. The molecule has 0 spiro atoms. The number of aliphatic carboxylic acids is 3. The van der Waals surface area contributed by atoms with Gasteiger partial charge in [0.1, 0.15) is 51.3 Å². The van der Waals surface area contributed by atoms with Crippen molar-refractivity contribution in [3.8, 4) is 80.0 Å². The van der Waals surface area contributed by atoms with Crippen molar-refractivity contribution in [2.45, 2.75) is 267 Å². The van der Waals surface area contributed by atoms with Gasteiger partial charge >= 0.3 is 42.3 Å². The second-order valence-electron chi connectivity index (χ2n) is 36.3. The van der Waals surface area contributed by atoms with Crippen molar-refractivity contribution >= 4 is 54.6 Å². The number of H-pyrrole nitrogens is 1. The van der Waals surface area contributed by atoms with E-state index in [9.17, 15) is 68.8 Å². The number of rotatable bonds is 32. The third kappa shape index (κ3) is 26.2. The van der Waals surface area contributed by atoms with Gasteiger partial charge in [0.2, 0.25) is 0 Å². The van der Waals surface area contributed by atoms with Crippen LogP contribution in [0.25, 0.3) is 45.0 Å². The molecule has 0 aromatic carbocycles. The Morgan fingerprint density at radius 2 is 0.774 bits per heavy atom. The van der Waals surface area contributed by atoms with Crippen LogP contribution in [0.15, 0.2) is 78.1 Å². The Kier molecular flexibility index (Phi) is 35.2. The first-order valence-corrected chi connectivity index (χ1v) is 47.3. The molecular formula is C96H126N18O23. The number of aryl methyl sites for hydroxylation is 4. The number of carboxylic acid groups (broad SMARTS) is 3. The lowest BCUT2D eigenvalue weighted by Gasteiger charge is -2.33. The van der Waals surface area contributed by atoms with Crippen LogP contribution in [0.4, 0.5) is 25.0 Å². The van der Waals surface area contributed by atoms with Crippen LogP contribution in [-0.2, 0) is 97.5 Å². The number of nitriles is 1. The van der Waals surface area contributed by atoms with Crippen LogP contribution >= 0.6 is 0 Å². The van der Waals surface area contributed by atoms with E-state index in [1.54, 1.807) is 168 Å². The SMILES string of the molecule is CN(C(=O)OCc1c(-c2ccc(O[C@H]3CCC[C@H](C(=O)O)C3)c(=O)[nH]2)cnn1C)C1CCCC1.CN(C(=O)OCc1c(-c2ccc(O[C@H]3CCC[C@H](C(=O)O)C3)c(C#N)n2)cnn1C)C1CCC1.CN(C(=O)OCc1c(-c2ccc(O[C@H]3CCC[C@H](C(=O)O)C3)c(N)n2)cnn1C)C1CCC1.CN(C(=O)OCc1c(-c2ccc(O[C@H]3CCC[C@H](OC=O)C3)c(OCCO)n2)cnn1C)C1CCC1. The van der Waals surface area contributed by atoms with Crippen LogP contribution in [0.2, 0.25) is 0 Å². The van der Waals surface area contributed by atoms with E-state index in [4.69, 9.17) is 53.1 Å².